The first-order valence-corrected chi connectivity index (χ1v) is 7.47. The zero-order chi connectivity index (χ0) is 16.9. The fraction of sp³-hybridized carbons (Fsp3) is 0.286. The summed E-state index contributed by atoms with van der Waals surface area (Å²) in [4.78, 5) is 7.37. The van der Waals surface area contributed by atoms with Gasteiger partial charge in [-0.2, -0.15) is 18.2 Å². The van der Waals surface area contributed by atoms with E-state index in [0.29, 0.717) is 6.54 Å². The van der Waals surface area contributed by atoms with Crippen molar-refractivity contribution < 1.29 is 18.3 Å². The molecule has 1 heterocycles. The highest BCUT2D eigenvalue weighted by Crippen LogP contribution is 2.29. The van der Waals surface area contributed by atoms with Crippen molar-refractivity contribution in [2.45, 2.75) is 12.7 Å². The zero-order valence-corrected chi connectivity index (χ0v) is 13.4. The molecule has 1 aromatic carbocycles. The summed E-state index contributed by atoms with van der Waals surface area (Å²) in [5, 5.41) is 14.1. The Morgan fingerprint density at radius 2 is 1.78 bits per heavy atom. The third kappa shape index (κ3) is 5.36. The molecule has 2 aromatic rings. The fourth-order valence-corrected chi connectivity index (χ4v) is 1.99. The first kappa shape index (κ1) is 17.5. The summed E-state index contributed by atoms with van der Waals surface area (Å²) < 4.78 is 39.5. The summed E-state index contributed by atoms with van der Waals surface area (Å²) in [7, 11) is 0. The van der Waals surface area contributed by atoms with Gasteiger partial charge in [0.15, 0.2) is 5.69 Å². The number of rotatable bonds is 6. The highest BCUT2D eigenvalue weighted by atomic mass is 79.9. The van der Waals surface area contributed by atoms with Crippen LogP contribution in [0.25, 0.3) is 0 Å². The van der Waals surface area contributed by atoms with Crippen LogP contribution in [-0.4, -0.2) is 28.2 Å². The van der Waals surface area contributed by atoms with E-state index < -0.39 is 11.9 Å². The maximum absolute atomic E-state index is 12.9. The van der Waals surface area contributed by atoms with E-state index in [1.165, 1.54) is 0 Å². The summed E-state index contributed by atoms with van der Waals surface area (Å²) in [6.07, 6.45) is -4.58. The van der Waals surface area contributed by atoms with Gasteiger partial charge in [0.25, 0.3) is 0 Å². The second kappa shape index (κ2) is 7.60. The molecule has 0 radical (unpaired) electrons. The lowest BCUT2D eigenvalue weighted by Crippen LogP contribution is -2.15. The lowest BCUT2D eigenvalue weighted by molar-refractivity contribution is -0.141. The maximum atomic E-state index is 12.9. The molecule has 124 valence electrons. The zero-order valence-electron chi connectivity index (χ0n) is 11.9. The van der Waals surface area contributed by atoms with Crippen LogP contribution in [0.5, 0.6) is 0 Å². The number of aliphatic hydroxyl groups is 1. The van der Waals surface area contributed by atoms with Crippen molar-refractivity contribution in [3.63, 3.8) is 0 Å². The van der Waals surface area contributed by atoms with E-state index >= 15 is 0 Å². The molecule has 0 aliphatic rings. The van der Waals surface area contributed by atoms with Gasteiger partial charge in [0.1, 0.15) is 5.82 Å². The Morgan fingerprint density at radius 3 is 2.39 bits per heavy atom. The number of nitrogens with one attached hydrogen (secondary N) is 2. The van der Waals surface area contributed by atoms with E-state index in [9.17, 15) is 13.2 Å². The monoisotopic (exact) mass is 390 g/mol. The Bertz CT molecular complexity index is 649. The lowest BCUT2D eigenvalue weighted by atomic mass is 10.2. The molecule has 0 atom stereocenters. The molecule has 0 aliphatic carbocycles. The van der Waals surface area contributed by atoms with E-state index in [1.54, 1.807) is 0 Å². The number of aliphatic hydroxyl groups excluding tert-OH is 1. The molecule has 0 aliphatic heterocycles. The highest BCUT2D eigenvalue weighted by molar-refractivity contribution is 9.10. The average Bonchev–Trinajstić information content (AvgIpc) is 2.51. The summed E-state index contributed by atoms with van der Waals surface area (Å²) in [6, 6.07) is 8.21. The maximum Gasteiger partial charge on any atom is 0.433 e. The number of aromatic nitrogens is 2. The van der Waals surface area contributed by atoms with E-state index in [0.717, 1.165) is 16.1 Å². The lowest BCUT2D eigenvalue weighted by Gasteiger charge is -2.12. The van der Waals surface area contributed by atoms with Crippen LogP contribution in [0.3, 0.4) is 0 Å². The SMILES string of the molecule is OCCNc1nc(NCc2ccc(Br)cc2)cc(C(F)(F)F)n1. The Balaban J connectivity index is 2.17. The highest BCUT2D eigenvalue weighted by Gasteiger charge is 2.33. The van der Waals surface area contributed by atoms with Crippen LogP contribution >= 0.6 is 15.9 Å². The number of nitrogens with zero attached hydrogens (tertiary/aromatic N) is 2. The molecule has 23 heavy (non-hydrogen) atoms. The Morgan fingerprint density at radius 1 is 1.09 bits per heavy atom. The first-order chi connectivity index (χ1) is 10.9. The molecule has 5 nitrogen and oxygen atoms in total. The van der Waals surface area contributed by atoms with Crippen LogP contribution in [-0.2, 0) is 12.7 Å². The number of benzene rings is 1. The number of hydrogen-bond acceptors (Lipinski definition) is 5. The fourth-order valence-electron chi connectivity index (χ4n) is 1.72. The third-order valence-electron chi connectivity index (χ3n) is 2.80. The van der Waals surface area contributed by atoms with Crippen LogP contribution in [0.1, 0.15) is 11.3 Å². The molecule has 0 fully saturated rings. The van der Waals surface area contributed by atoms with Crippen molar-refractivity contribution in [1.29, 1.82) is 0 Å². The largest absolute Gasteiger partial charge is 0.433 e. The van der Waals surface area contributed by atoms with E-state index in [4.69, 9.17) is 5.11 Å². The van der Waals surface area contributed by atoms with Crippen LogP contribution in [0.4, 0.5) is 24.9 Å². The van der Waals surface area contributed by atoms with Crippen molar-refractivity contribution in [2.75, 3.05) is 23.8 Å². The molecule has 2 rings (SSSR count). The molecule has 0 spiro atoms. The summed E-state index contributed by atoms with van der Waals surface area (Å²) in [6.45, 7) is 0.149. The van der Waals surface area contributed by atoms with Crippen molar-refractivity contribution in [3.8, 4) is 0 Å². The van der Waals surface area contributed by atoms with Crippen LogP contribution in [0, 0.1) is 0 Å². The van der Waals surface area contributed by atoms with Crippen molar-refractivity contribution in [1.82, 2.24) is 9.97 Å². The molecule has 0 bridgehead atoms. The number of anilines is 2. The van der Waals surface area contributed by atoms with E-state index in [-0.39, 0.29) is 24.9 Å². The number of hydrogen-bond donors (Lipinski definition) is 3. The van der Waals surface area contributed by atoms with E-state index in [1.807, 2.05) is 24.3 Å². The second-order valence-corrected chi connectivity index (χ2v) is 5.51. The molecule has 0 unspecified atom stereocenters. The van der Waals surface area contributed by atoms with Crippen LogP contribution < -0.4 is 10.6 Å². The van der Waals surface area contributed by atoms with Crippen LogP contribution in [0.2, 0.25) is 0 Å². The predicted octanol–water partition coefficient (Wildman–Crippen LogP) is 3.27. The average molecular weight is 391 g/mol. The molecule has 1 aromatic heterocycles. The van der Waals surface area contributed by atoms with Gasteiger partial charge in [0, 0.05) is 23.6 Å². The van der Waals surface area contributed by atoms with Crippen molar-refractivity contribution in [2.24, 2.45) is 0 Å². The van der Waals surface area contributed by atoms with Crippen molar-refractivity contribution in [3.05, 3.63) is 46.1 Å². The standard InChI is InChI=1S/C14H14BrF3N4O/c15-10-3-1-9(2-4-10)8-20-12-7-11(14(16,17)18)21-13(22-12)19-5-6-23/h1-4,7,23H,5-6,8H2,(H2,19,20,21,22). The summed E-state index contributed by atoms with van der Waals surface area (Å²) >= 11 is 3.31. The van der Waals surface area contributed by atoms with Gasteiger partial charge in [-0.15, -0.1) is 0 Å². The third-order valence-corrected chi connectivity index (χ3v) is 3.33. The minimum absolute atomic E-state index is 0.0516. The van der Waals surface area contributed by atoms with Gasteiger partial charge in [-0.25, -0.2) is 4.98 Å². The van der Waals surface area contributed by atoms with Gasteiger partial charge in [-0.3, -0.25) is 0 Å². The Labute approximate surface area is 139 Å². The topological polar surface area (TPSA) is 70.1 Å². The van der Waals surface area contributed by atoms with Gasteiger partial charge in [-0.05, 0) is 17.7 Å². The van der Waals surface area contributed by atoms with Crippen molar-refractivity contribution >= 4 is 27.7 Å². The molecular weight excluding hydrogens is 377 g/mol. The summed E-state index contributed by atoms with van der Waals surface area (Å²) in [5.41, 5.74) is -0.156. The molecular formula is C14H14BrF3N4O. The Hall–Kier alpha value is -1.87. The number of alkyl halides is 3. The molecule has 0 saturated carbocycles. The first-order valence-electron chi connectivity index (χ1n) is 6.68. The quantitative estimate of drug-likeness (QED) is 0.705. The summed E-state index contributed by atoms with van der Waals surface area (Å²) in [5.74, 6) is -0.136. The molecule has 0 saturated heterocycles. The predicted molar refractivity (Wildman–Crippen MR) is 84.1 cm³/mol. The Kier molecular flexibility index (Phi) is 5.78. The second-order valence-electron chi connectivity index (χ2n) is 4.59. The van der Waals surface area contributed by atoms with Gasteiger partial charge in [0.2, 0.25) is 5.95 Å². The molecule has 3 N–H and O–H groups in total. The minimum Gasteiger partial charge on any atom is -0.395 e. The van der Waals surface area contributed by atoms with Gasteiger partial charge in [0.05, 0.1) is 6.61 Å². The normalized spacial score (nSPS) is 11.3. The number of halogens is 4. The smallest absolute Gasteiger partial charge is 0.395 e. The van der Waals surface area contributed by atoms with Gasteiger partial charge < -0.3 is 15.7 Å². The van der Waals surface area contributed by atoms with Gasteiger partial charge >= 0.3 is 6.18 Å². The minimum atomic E-state index is -4.58. The van der Waals surface area contributed by atoms with Gasteiger partial charge in [-0.1, -0.05) is 28.1 Å². The van der Waals surface area contributed by atoms with Crippen LogP contribution in [0.15, 0.2) is 34.8 Å². The molecule has 0 amide bonds. The molecule has 9 heteroatoms. The van der Waals surface area contributed by atoms with E-state index in [2.05, 4.69) is 36.5 Å².